The van der Waals surface area contributed by atoms with Gasteiger partial charge >= 0.3 is 5.97 Å². The van der Waals surface area contributed by atoms with Crippen molar-refractivity contribution in [1.82, 2.24) is 4.90 Å². The highest BCUT2D eigenvalue weighted by Gasteiger charge is 2.26. The minimum Gasteiger partial charge on any atom is -0.478 e. The summed E-state index contributed by atoms with van der Waals surface area (Å²) in [5.41, 5.74) is 1.58. The van der Waals surface area contributed by atoms with E-state index < -0.39 is 5.97 Å². The maximum atomic E-state index is 10.9. The maximum Gasteiger partial charge on any atom is 0.335 e. The number of hydrogen-bond donors (Lipinski definition) is 1. The topological polar surface area (TPSA) is 40.5 Å². The van der Waals surface area contributed by atoms with Crippen LogP contribution in [0.3, 0.4) is 0 Å². The van der Waals surface area contributed by atoms with Crippen molar-refractivity contribution in [3.8, 4) is 0 Å². The molecular formula is C17H25NO2. The molecular weight excluding hydrogens is 250 g/mol. The van der Waals surface area contributed by atoms with Gasteiger partial charge in [0.2, 0.25) is 0 Å². The number of aromatic carboxylic acids is 1. The van der Waals surface area contributed by atoms with Crippen molar-refractivity contribution in [2.75, 3.05) is 6.54 Å². The summed E-state index contributed by atoms with van der Waals surface area (Å²) in [6.45, 7) is 6.71. The minimum absolute atomic E-state index is 0.367. The molecule has 110 valence electrons. The van der Waals surface area contributed by atoms with Gasteiger partial charge in [-0.05, 0) is 43.0 Å². The zero-order valence-electron chi connectivity index (χ0n) is 12.5. The van der Waals surface area contributed by atoms with E-state index in [0.29, 0.717) is 11.6 Å². The van der Waals surface area contributed by atoms with Gasteiger partial charge in [-0.25, -0.2) is 4.79 Å². The van der Waals surface area contributed by atoms with Crippen LogP contribution in [0.4, 0.5) is 0 Å². The Kier molecular flexibility index (Phi) is 5.18. The molecule has 1 saturated heterocycles. The normalized spacial score (nSPS) is 21.6. The Balaban J connectivity index is 2.04. The fourth-order valence-electron chi connectivity index (χ4n) is 3.12. The number of nitrogens with zero attached hydrogens (tertiary/aromatic N) is 1. The highest BCUT2D eigenvalue weighted by molar-refractivity contribution is 5.87. The van der Waals surface area contributed by atoms with Crippen molar-refractivity contribution >= 4 is 5.97 Å². The lowest BCUT2D eigenvalue weighted by Crippen LogP contribution is -2.42. The molecule has 20 heavy (non-hydrogen) atoms. The second-order valence-corrected chi connectivity index (χ2v) is 5.92. The summed E-state index contributed by atoms with van der Waals surface area (Å²) >= 11 is 0. The average molecular weight is 275 g/mol. The maximum absolute atomic E-state index is 10.9. The first-order valence-electron chi connectivity index (χ1n) is 7.68. The first-order chi connectivity index (χ1) is 9.61. The molecule has 0 aromatic heterocycles. The van der Waals surface area contributed by atoms with Gasteiger partial charge in [-0.1, -0.05) is 38.8 Å². The lowest BCUT2D eigenvalue weighted by atomic mass is 9.89. The van der Waals surface area contributed by atoms with Crippen LogP contribution >= 0.6 is 0 Å². The van der Waals surface area contributed by atoms with Crippen LogP contribution in [-0.4, -0.2) is 28.6 Å². The van der Waals surface area contributed by atoms with Crippen molar-refractivity contribution in [2.45, 2.75) is 52.1 Å². The van der Waals surface area contributed by atoms with Crippen LogP contribution in [0, 0.1) is 5.92 Å². The van der Waals surface area contributed by atoms with Crippen molar-refractivity contribution < 1.29 is 9.90 Å². The number of carboxylic acids is 1. The molecule has 0 spiro atoms. The standard InChI is InChI=1S/C17H25NO2/c1-3-13(2)16-6-4-5-11-18(16)12-14-7-9-15(10-8-14)17(19)20/h7-10,13,16H,3-6,11-12H2,1-2H3,(H,19,20). The number of likely N-dealkylation sites (tertiary alicyclic amines) is 1. The molecule has 0 radical (unpaired) electrons. The molecule has 2 atom stereocenters. The third-order valence-corrected chi connectivity index (χ3v) is 4.55. The summed E-state index contributed by atoms with van der Waals surface area (Å²) in [7, 11) is 0. The molecule has 1 heterocycles. The third kappa shape index (κ3) is 3.60. The van der Waals surface area contributed by atoms with E-state index >= 15 is 0 Å². The van der Waals surface area contributed by atoms with Crippen molar-refractivity contribution in [3.05, 3.63) is 35.4 Å². The molecule has 1 aromatic carbocycles. The number of piperidine rings is 1. The van der Waals surface area contributed by atoms with E-state index in [-0.39, 0.29) is 0 Å². The number of benzene rings is 1. The van der Waals surface area contributed by atoms with E-state index in [1.54, 1.807) is 12.1 Å². The monoisotopic (exact) mass is 275 g/mol. The Morgan fingerprint density at radius 3 is 2.65 bits per heavy atom. The Morgan fingerprint density at radius 1 is 1.35 bits per heavy atom. The lowest BCUT2D eigenvalue weighted by molar-refractivity contribution is 0.0696. The molecule has 0 amide bonds. The summed E-state index contributed by atoms with van der Waals surface area (Å²) in [6.07, 6.45) is 5.13. The molecule has 0 saturated carbocycles. The Labute approximate surface area is 121 Å². The largest absolute Gasteiger partial charge is 0.478 e. The molecule has 2 rings (SSSR count). The number of rotatable bonds is 5. The minimum atomic E-state index is -0.855. The van der Waals surface area contributed by atoms with Gasteiger partial charge in [0.05, 0.1) is 5.56 Å². The van der Waals surface area contributed by atoms with Gasteiger partial charge in [-0.3, -0.25) is 4.90 Å². The zero-order valence-corrected chi connectivity index (χ0v) is 12.5. The quantitative estimate of drug-likeness (QED) is 0.889. The van der Waals surface area contributed by atoms with Crippen LogP contribution in [0.5, 0.6) is 0 Å². The third-order valence-electron chi connectivity index (χ3n) is 4.55. The predicted octanol–water partition coefficient (Wildman–Crippen LogP) is 3.79. The summed E-state index contributed by atoms with van der Waals surface area (Å²) < 4.78 is 0. The van der Waals surface area contributed by atoms with Crippen LogP contribution in [-0.2, 0) is 6.54 Å². The zero-order chi connectivity index (χ0) is 14.5. The van der Waals surface area contributed by atoms with E-state index in [4.69, 9.17) is 5.11 Å². The van der Waals surface area contributed by atoms with E-state index in [0.717, 1.165) is 19.0 Å². The van der Waals surface area contributed by atoms with E-state index in [2.05, 4.69) is 18.7 Å². The first-order valence-corrected chi connectivity index (χ1v) is 7.68. The van der Waals surface area contributed by atoms with Gasteiger partial charge in [0.1, 0.15) is 0 Å². The molecule has 2 unspecified atom stereocenters. The number of carbonyl (C=O) groups is 1. The van der Waals surface area contributed by atoms with Crippen LogP contribution in [0.25, 0.3) is 0 Å². The Hall–Kier alpha value is -1.35. The SMILES string of the molecule is CCC(C)C1CCCCN1Cc1ccc(C(=O)O)cc1. The summed E-state index contributed by atoms with van der Waals surface area (Å²) in [4.78, 5) is 13.4. The van der Waals surface area contributed by atoms with Gasteiger partial charge in [-0.15, -0.1) is 0 Å². The second kappa shape index (κ2) is 6.89. The van der Waals surface area contributed by atoms with Crippen LogP contribution in [0.2, 0.25) is 0 Å². The fraction of sp³-hybridized carbons (Fsp3) is 0.588. The molecule has 0 bridgehead atoms. The molecule has 1 aliphatic rings. The van der Waals surface area contributed by atoms with Gasteiger partial charge in [-0.2, -0.15) is 0 Å². The molecule has 0 aliphatic carbocycles. The Morgan fingerprint density at radius 2 is 2.05 bits per heavy atom. The molecule has 1 fully saturated rings. The lowest BCUT2D eigenvalue weighted by Gasteiger charge is -2.39. The fourth-order valence-corrected chi connectivity index (χ4v) is 3.12. The van der Waals surface area contributed by atoms with Gasteiger partial charge in [0.15, 0.2) is 0 Å². The molecule has 3 nitrogen and oxygen atoms in total. The highest BCUT2D eigenvalue weighted by Crippen LogP contribution is 2.26. The molecule has 1 aliphatic heterocycles. The van der Waals surface area contributed by atoms with Gasteiger partial charge < -0.3 is 5.11 Å². The van der Waals surface area contributed by atoms with Crippen molar-refractivity contribution in [3.63, 3.8) is 0 Å². The summed E-state index contributed by atoms with van der Waals surface area (Å²) in [5, 5.41) is 8.93. The second-order valence-electron chi connectivity index (χ2n) is 5.92. The molecule has 1 N–H and O–H groups in total. The van der Waals surface area contributed by atoms with Crippen LogP contribution < -0.4 is 0 Å². The highest BCUT2D eigenvalue weighted by atomic mass is 16.4. The van der Waals surface area contributed by atoms with Crippen LogP contribution in [0.1, 0.15) is 55.5 Å². The van der Waals surface area contributed by atoms with Gasteiger partial charge in [0, 0.05) is 12.6 Å². The van der Waals surface area contributed by atoms with E-state index in [1.807, 2.05) is 12.1 Å². The van der Waals surface area contributed by atoms with Crippen LogP contribution in [0.15, 0.2) is 24.3 Å². The van der Waals surface area contributed by atoms with Gasteiger partial charge in [0.25, 0.3) is 0 Å². The molecule has 3 heteroatoms. The van der Waals surface area contributed by atoms with E-state index in [9.17, 15) is 4.79 Å². The van der Waals surface area contributed by atoms with Crippen molar-refractivity contribution in [2.24, 2.45) is 5.92 Å². The van der Waals surface area contributed by atoms with Crippen molar-refractivity contribution in [1.29, 1.82) is 0 Å². The average Bonchev–Trinajstić information content (AvgIpc) is 2.47. The smallest absolute Gasteiger partial charge is 0.335 e. The summed E-state index contributed by atoms with van der Waals surface area (Å²) in [6, 6.07) is 7.99. The number of hydrogen-bond acceptors (Lipinski definition) is 2. The predicted molar refractivity (Wildman–Crippen MR) is 80.9 cm³/mol. The molecule has 1 aromatic rings. The number of carboxylic acid groups (broad SMARTS) is 1. The Bertz CT molecular complexity index is 441. The first kappa shape index (κ1) is 15.0. The van der Waals surface area contributed by atoms with E-state index in [1.165, 1.54) is 31.2 Å². The summed E-state index contributed by atoms with van der Waals surface area (Å²) in [5.74, 6) is -0.124.